The molecule has 3 rings (SSSR count). The predicted octanol–water partition coefficient (Wildman–Crippen LogP) is 0.971. The van der Waals surface area contributed by atoms with Crippen molar-refractivity contribution < 1.29 is 14.3 Å². The maximum absolute atomic E-state index is 12.0. The Morgan fingerprint density at radius 2 is 2.13 bits per heavy atom. The van der Waals surface area contributed by atoms with Crippen molar-refractivity contribution in [2.24, 2.45) is 0 Å². The van der Waals surface area contributed by atoms with Gasteiger partial charge in [-0.05, 0) is 12.1 Å². The number of carbonyl (C=O) groups is 2. The molecule has 118 valence electrons. The maximum Gasteiger partial charge on any atom is 0.412 e. The summed E-state index contributed by atoms with van der Waals surface area (Å²) in [5, 5.41) is 20.2. The zero-order chi connectivity index (χ0) is 16.2. The van der Waals surface area contributed by atoms with Crippen LogP contribution in [0.1, 0.15) is 0 Å². The summed E-state index contributed by atoms with van der Waals surface area (Å²) in [6, 6.07) is 7.44. The van der Waals surface area contributed by atoms with E-state index < -0.39 is 6.09 Å². The Balaban J connectivity index is 1.64. The molecule has 0 radical (unpaired) electrons. The van der Waals surface area contributed by atoms with Crippen LogP contribution in [-0.4, -0.2) is 44.3 Å². The van der Waals surface area contributed by atoms with Crippen LogP contribution in [0.3, 0.4) is 0 Å². The number of H-pyrrole nitrogens is 1. The van der Waals surface area contributed by atoms with Crippen molar-refractivity contribution >= 4 is 34.5 Å². The van der Waals surface area contributed by atoms with Crippen LogP contribution in [0.5, 0.6) is 0 Å². The monoisotopic (exact) mass is 315 g/mol. The van der Waals surface area contributed by atoms with Crippen molar-refractivity contribution in [1.82, 2.24) is 25.2 Å². The standard InChI is InChI=1S/C13H13N7O3/c1-23-13(22)14-10-6-20(19-17-10)7-11(21)15-12-8-4-2-3-5-9(8)16-18-12/h2-6H,7H2,1H3,(H,14,22)(H2,15,16,18,21). The average molecular weight is 315 g/mol. The molecule has 0 saturated heterocycles. The van der Waals surface area contributed by atoms with Crippen LogP contribution in [0, 0.1) is 0 Å². The van der Waals surface area contributed by atoms with Crippen molar-refractivity contribution in [3.63, 3.8) is 0 Å². The van der Waals surface area contributed by atoms with Gasteiger partial charge in [0, 0.05) is 5.39 Å². The average Bonchev–Trinajstić information content (AvgIpc) is 3.15. The van der Waals surface area contributed by atoms with Gasteiger partial charge < -0.3 is 10.1 Å². The van der Waals surface area contributed by atoms with Gasteiger partial charge >= 0.3 is 6.09 Å². The third-order valence-corrected chi connectivity index (χ3v) is 2.99. The number of nitrogens with one attached hydrogen (secondary N) is 3. The fraction of sp³-hybridized carbons (Fsp3) is 0.154. The minimum atomic E-state index is -0.663. The lowest BCUT2D eigenvalue weighted by atomic mass is 10.2. The fourth-order valence-corrected chi connectivity index (χ4v) is 1.97. The molecule has 2 heterocycles. The number of carbonyl (C=O) groups excluding carboxylic acids is 2. The highest BCUT2D eigenvalue weighted by atomic mass is 16.5. The maximum atomic E-state index is 12.0. The Labute approximate surface area is 129 Å². The highest BCUT2D eigenvalue weighted by molar-refractivity contribution is 5.99. The lowest BCUT2D eigenvalue weighted by molar-refractivity contribution is -0.116. The minimum absolute atomic E-state index is 0.0724. The SMILES string of the molecule is COC(=O)Nc1cn(CC(=O)Nc2n[nH]c3ccccc23)nn1. The number of fused-ring (bicyclic) bond motifs is 1. The third kappa shape index (κ3) is 3.26. The third-order valence-electron chi connectivity index (χ3n) is 2.99. The van der Waals surface area contributed by atoms with Crippen LogP contribution >= 0.6 is 0 Å². The number of para-hydroxylation sites is 1. The van der Waals surface area contributed by atoms with E-state index in [4.69, 9.17) is 0 Å². The van der Waals surface area contributed by atoms with Gasteiger partial charge in [0.05, 0.1) is 18.8 Å². The van der Waals surface area contributed by atoms with Crippen LogP contribution in [0.15, 0.2) is 30.5 Å². The van der Waals surface area contributed by atoms with Crippen LogP contribution in [0.25, 0.3) is 10.9 Å². The number of nitrogens with zero attached hydrogens (tertiary/aromatic N) is 4. The Morgan fingerprint density at radius 1 is 1.30 bits per heavy atom. The molecule has 1 aromatic carbocycles. The van der Waals surface area contributed by atoms with Gasteiger partial charge in [0.1, 0.15) is 6.54 Å². The molecule has 0 atom stereocenters. The summed E-state index contributed by atoms with van der Waals surface area (Å²) in [5.74, 6) is 0.310. The molecule has 10 heteroatoms. The molecule has 0 aliphatic rings. The van der Waals surface area contributed by atoms with Crippen LogP contribution in [0.4, 0.5) is 16.4 Å². The van der Waals surface area contributed by atoms with Crippen molar-refractivity contribution in [2.45, 2.75) is 6.54 Å². The van der Waals surface area contributed by atoms with E-state index >= 15 is 0 Å². The van der Waals surface area contributed by atoms with Crippen LogP contribution < -0.4 is 10.6 Å². The molecule has 2 aromatic heterocycles. The molecule has 0 fully saturated rings. The van der Waals surface area contributed by atoms with E-state index in [1.807, 2.05) is 24.3 Å². The smallest absolute Gasteiger partial charge is 0.412 e. The van der Waals surface area contributed by atoms with E-state index in [-0.39, 0.29) is 18.3 Å². The highest BCUT2D eigenvalue weighted by Crippen LogP contribution is 2.19. The second-order valence-electron chi connectivity index (χ2n) is 4.58. The second kappa shape index (κ2) is 6.13. The zero-order valence-electron chi connectivity index (χ0n) is 12.1. The number of methoxy groups -OCH3 is 1. The van der Waals surface area contributed by atoms with E-state index in [1.54, 1.807) is 0 Å². The van der Waals surface area contributed by atoms with E-state index in [0.29, 0.717) is 5.82 Å². The predicted molar refractivity (Wildman–Crippen MR) is 80.8 cm³/mol. The molecule has 10 nitrogen and oxygen atoms in total. The number of aromatic amines is 1. The molecule has 0 saturated carbocycles. The van der Waals surface area contributed by atoms with Gasteiger partial charge in [-0.3, -0.25) is 15.2 Å². The number of ether oxygens (including phenoxy) is 1. The van der Waals surface area contributed by atoms with E-state index in [0.717, 1.165) is 10.9 Å². The molecular weight excluding hydrogens is 302 g/mol. The van der Waals surface area contributed by atoms with Gasteiger partial charge in [0.25, 0.3) is 0 Å². The van der Waals surface area contributed by atoms with Gasteiger partial charge in [-0.2, -0.15) is 5.10 Å². The first kappa shape index (κ1) is 14.5. The Morgan fingerprint density at radius 3 is 2.96 bits per heavy atom. The second-order valence-corrected chi connectivity index (χ2v) is 4.58. The van der Waals surface area contributed by atoms with Crippen molar-refractivity contribution in [2.75, 3.05) is 17.7 Å². The molecule has 0 bridgehead atoms. The zero-order valence-corrected chi connectivity index (χ0v) is 12.1. The molecule has 0 aliphatic carbocycles. The summed E-state index contributed by atoms with van der Waals surface area (Å²) in [6.45, 7) is -0.0724. The number of aromatic nitrogens is 5. The van der Waals surface area contributed by atoms with Crippen molar-refractivity contribution in [3.8, 4) is 0 Å². The first-order valence-electron chi connectivity index (χ1n) is 6.64. The van der Waals surface area contributed by atoms with Gasteiger partial charge in [-0.15, -0.1) is 5.10 Å². The Bertz CT molecular complexity index is 854. The first-order chi connectivity index (χ1) is 11.2. The highest BCUT2D eigenvalue weighted by Gasteiger charge is 2.11. The molecule has 3 aromatic rings. The summed E-state index contributed by atoms with van der Waals surface area (Å²) < 4.78 is 5.72. The minimum Gasteiger partial charge on any atom is -0.453 e. The first-order valence-corrected chi connectivity index (χ1v) is 6.64. The van der Waals surface area contributed by atoms with Gasteiger partial charge in [0.2, 0.25) is 5.91 Å². The number of anilines is 2. The molecular formula is C13H13N7O3. The summed E-state index contributed by atoms with van der Waals surface area (Å²) in [6.07, 6.45) is 0.753. The van der Waals surface area contributed by atoms with Crippen molar-refractivity contribution in [3.05, 3.63) is 30.5 Å². The van der Waals surface area contributed by atoms with Crippen molar-refractivity contribution in [1.29, 1.82) is 0 Å². The number of rotatable bonds is 4. The number of amides is 2. The normalized spacial score (nSPS) is 10.5. The molecule has 3 N–H and O–H groups in total. The Hall–Kier alpha value is -3.43. The van der Waals surface area contributed by atoms with Gasteiger partial charge in [0.15, 0.2) is 11.6 Å². The quantitative estimate of drug-likeness (QED) is 0.658. The summed E-state index contributed by atoms with van der Waals surface area (Å²) in [5.41, 5.74) is 0.827. The lowest BCUT2D eigenvalue weighted by Crippen LogP contribution is -2.19. The molecule has 23 heavy (non-hydrogen) atoms. The lowest BCUT2D eigenvalue weighted by Gasteiger charge is -2.02. The van der Waals surface area contributed by atoms with E-state index in [9.17, 15) is 9.59 Å². The molecule has 0 aliphatic heterocycles. The summed E-state index contributed by atoms with van der Waals surface area (Å²) >= 11 is 0. The number of hydrogen-bond acceptors (Lipinski definition) is 6. The largest absolute Gasteiger partial charge is 0.453 e. The van der Waals surface area contributed by atoms with Gasteiger partial charge in [-0.1, -0.05) is 17.3 Å². The van der Waals surface area contributed by atoms with E-state index in [2.05, 4.69) is 35.9 Å². The van der Waals surface area contributed by atoms with Crippen LogP contribution in [-0.2, 0) is 16.1 Å². The van der Waals surface area contributed by atoms with Crippen LogP contribution in [0.2, 0.25) is 0 Å². The molecule has 2 amide bonds. The fourth-order valence-electron chi connectivity index (χ4n) is 1.97. The summed E-state index contributed by atoms with van der Waals surface area (Å²) in [7, 11) is 1.24. The van der Waals surface area contributed by atoms with E-state index in [1.165, 1.54) is 18.0 Å². The Kier molecular flexibility index (Phi) is 3.87. The summed E-state index contributed by atoms with van der Waals surface area (Å²) in [4.78, 5) is 23.1. The van der Waals surface area contributed by atoms with Gasteiger partial charge in [-0.25, -0.2) is 9.48 Å². The number of benzene rings is 1. The molecule has 0 unspecified atom stereocenters. The number of hydrogen-bond donors (Lipinski definition) is 3. The molecule has 0 spiro atoms. The topological polar surface area (TPSA) is 127 Å².